The van der Waals surface area contributed by atoms with Crippen molar-refractivity contribution in [1.82, 2.24) is 15.1 Å². The number of rotatable bonds is 5. The van der Waals surface area contributed by atoms with Gasteiger partial charge in [-0.1, -0.05) is 0 Å². The SMILES string of the molecule is CCN(CC(=O)O)C(=O)NCC1CN2CCCC2CO1. The van der Waals surface area contributed by atoms with Gasteiger partial charge in [0.05, 0.1) is 12.7 Å². The standard InChI is InChI=1S/C13H23N3O4/c1-2-15(8-12(17)18)13(19)14-6-11-7-16-5-3-4-10(16)9-20-11/h10-11H,2-9H2,1H3,(H,14,19)(H,17,18). The molecule has 0 aromatic carbocycles. The summed E-state index contributed by atoms with van der Waals surface area (Å²) in [5.74, 6) is -1.00. The quantitative estimate of drug-likeness (QED) is 0.741. The van der Waals surface area contributed by atoms with Gasteiger partial charge in [0.15, 0.2) is 0 Å². The molecule has 0 saturated carbocycles. The molecule has 0 aromatic rings. The molecule has 0 radical (unpaired) electrons. The highest BCUT2D eigenvalue weighted by molar-refractivity contribution is 5.80. The monoisotopic (exact) mass is 285 g/mol. The first-order valence-electron chi connectivity index (χ1n) is 7.20. The zero-order valence-electron chi connectivity index (χ0n) is 11.9. The Hall–Kier alpha value is -1.34. The van der Waals surface area contributed by atoms with Crippen LogP contribution in [0.25, 0.3) is 0 Å². The summed E-state index contributed by atoms with van der Waals surface area (Å²) in [4.78, 5) is 26.2. The van der Waals surface area contributed by atoms with Crippen LogP contribution >= 0.6 is 0 Å². The van der Waals surface area contributed by atoms with Crippen LogP contribution in [-0.4, -0.2) is 78.4 Å². The number of hydrogen-bond donors (Lipinski definition) is 2. The summed E-state index contributed by atoms with van der Waals surface area (Å²) in [5.41, 5.74) is 0. The third kappa shape index (κ3) is 3.83. The molecule has 20 heavy (non-hydrogen) atoms. The molecule has 2 saturated heterocycles. The van der Waals surface area contributed by atoms with Gasteiger partial charge in [-0.2, -0.15) is 0 Å². The molecular formula is C13H23N3O4. The molecular weight excluding hydrogens is 262 g/mol. The molecule has 2 heterocycles. The minimum absolute atomic E-state index is 0.00293. The largest absolute Gasteiger partial charge is 0.480 e. The van der Waals surface area contributed by atoms with E-state index in [1.165, 1.54) is 17.7 Å². The van der Waals surface area contributed by atoms with Crippen LogP contribution in [0.5, 0.6) is 0 Å². The molecule has 2 aliphatic rings. The predicted molar refractivity (Wildman–Crippen MR) is 72.6 cm³/mol. The number of nitrogens with one attached hydrogen (secondary N) is 1. The van der Waals surface area contributed by atoms with Crippen LogP contribution in [0.2, 0.25) is 0 Å². The number of carbonyl (C=O) groups is 2. The Bertz CT molecular complexity index is 364. The van der Waals surface area contributed by atoms with E-state index in [1.54, 1.807) is 6.92 Å². The Morgan fingerprint density at radius 1 is 1.50 bits per heavy atom. The molecule has 0 spiro atoms. The molecule has 0 aliphatic carbocycles. The summed E-state index contributed by atoms with van der Waals surface area (Å²) in [5, 5.41) is 11.5. The number of fused-ring (bicyclic) bond motifs is 1. The molecule has 7 heteroatoms. The lowest BCUT2D eigenvalue weighted by atomic mass is 10.2. The van der Waals surface area contributed by atoms with Crippen molar-refractivity contribution in [3.63, 3.8) is 0 Å². The summed E-state index contributed by atoms with van der Waals surface area (Å²) in [6.07, 6.45) is 2.41. The third-order valence-electron chi connectivity index (χ3n) is 3.94. The molecule has 2 amide bonds. The molecule has 2 aliphatic heterocycles. The summed E-state index contributed by atoms with van der Waals surface area (Å²) in [6.45, 7) is 4.97. The lowest BCUT2D eigenvalue weighted by Crippen LogP contribution is -2.52. The molecule has 114 valence electrons. The van der Waals surface area contributed by atoms with Gasteiger partial charge in [0.25, 0.3) is 0 Å². The first kappa shape index (κ1) is 15.1. The molecule has 0 aromatic heterocycles. The normalized spacial score (nSPS) is 26.1. The maximum Gasteiger partial charge on any atom is 0.323 e. The van der Waals surface area contributed by atoms with E-state index in [0.717, 1.165) is 19.7 Å². The Balaban J connectivity index is 1.74. The van der Waals surface area contributed by atoms with Gasteiger partial charge in [0.1, 0.15) is 6.54 Å². The van der Waals surface area contributed by atoms with E-state index in [9.17, 15) is 9.59 Å². The molecule has 0 bridgehead atoms. The van der Waals surface area contributed by atoms with E-state index in [4.69, 9.17) is 9.84 Å². The molecule has 2 N–H and O–H groups in total. The zero-order chi connectivity index (χ0) is 14.5. The fourth-order valence-corrected chi connectivity index (χ4v) is 2.81. The highest BCUT2D eigenvalue weighted by atomic mass is 16.5. The van der Waals surface area contributed by atoms with Crippen LogP contribution in [0.3, 0.4) is 0 Å². The fraction of sp³-hybridized carbons (Fsp3) is 0.846. The van der Waals surface area contributed by atoms with Crippen LogP contribution in [0.1, 0.15) is 19.8 Å². The van der Waals surface area contributed by atoms with Gasteiger partial charge in [-0.05, 0) is 26.3 Å². The Morgan fingerprint density at radius 3 is 3.00 bits per heavy atom. The van der Waals surface area contributed by atoms with Crippen molar-refractivity contribution >= 4 is 12.0 Å². The fourth-order valence-electron chi connectivity index (χ4n) is 2.81. The van der Waals surface area contributed by atoms with E-state index in [1.807, 2.05) is 0 Å². The number of carbonyl (C=O) groups excluding carboxylic acids is 1. The van der Waals surface area contributed by atoms with E-state index in [2.05, 4.69) is 10.2 Å². The Labute approximate surface area is 118 Å². The second kappa shape index (κ2) is 6.90. The Kier molecular flexibility index (Phi) is 5.19. The molecule has 2 atom stereocenters. The van der Waals surface area contributed by atoms with Crippen molar-refractivity contribution in [2.45, 2.75) is 31.9 Å². The molecule has 2 rings (SSSR count). The lowest BCUT2D eigenvalue weighted by molar-refractivity contribution is -0.137. The summed E-state index contributed by atoms with van der Waals surface area (Å²) in [7, 11) is 0. The van der Waals surface area contributed by atoms with E-state index < -0.39 is 5.97 Å². The smallest absolute Gasteiger partial charge is 0.323 e. The number of carboxylic acid groups (broad SMARTS) is 1. The van der Waals surface area contributed by atoms with Crippen molar-refractivity contribution in [2.24, 2.45) is 0 Å². The average molecular weight is 285 g/mol. The first-order valence-corrected chi connectivity index (χ1v) is 7.20. The predicted octanol–water partition coefficient (Wildman–Crippen LogP) is -0.0343. The van der Waals surface area contributed by atoms with Gasteiger partial charge in [-0.25, -0.2) is 4.79 Å². The highest BCUT2D eigenvalue weighted by Crippen LogP contribution is 2.22. The van der Waals surface area contributed by atoms with Gasteiger partial charge in [0, 0.05) is 25.7 Å². The van der Waals surface area contributed by atoms with Crippen LogP contribution in [-0.2, 0) is 9.53 Å². The van der Waals surface area contributed by atoms with Crippen LogP contribution in [0.4, 0.5) is 4.79 Å². The van der Waals surface area contributed by atoms with Gasteiger partial charge < -0.3 is 20.1 Å². The van der Waals surface area contributed by atoms with E-state index >= 15 is 0 Å². The second-order valence-corrected chi connectivity index (χ2v) is 5.34. The third-order valence-corrected chi connectivity index (χ3v) is 3.94. The van der Waals surface area contributed by atoms with E-state index in [-0.39, 0.29) is 18.7 Å². The first-order chi connectivity index (χ1) is 9.60. The summed E-state index contributed by atoms with van der Waals surface area (Å²) < 4.78 is 5.75. The lowest BCUT2D eigenvalue weighted by Gasteiger charge is -2.35. The van der Waals surface area contributed by atoms with Crippen LogP contribution in [0, 0.1) is 0 Å². The second-order valence-electron chi connectivity index (χ2n) is 5.34. The van der Waals surface area contributed by atoms with Gasteiger partial charge in [-0.15, -0.1) is 0 Å². The minimum Gasteiger partial charge on any atom is -0.480 e. The number of urea groups is 1. The topological polar surface area (TPSA) is 82.1 Å². The van der Waals surface area contributed by atoms with Crippen molar-refractivity contribution < 1.29 is 19.4 Å². The maximum atomic E-state index is 11.9. The number of ether oxygens (including phenoxy) is 1. The number of hydrogen-bond acceptors (Lipinski definition) is 4. The van der Waals surface area contributed by atoms with Crippen molar-refractivity contribution in [1.29, 1.82) is 0 Å². The number of amides is 2. The number of aliphatic carboxylic acids is 1. The van der Waals surface area contributed by atoms with Gasteiger partial charge in [0.2, 0.25) is 0 Å². The van der Waals surface area contributed by atoms with Gasteiger partial charge >= 0.3 is 12.0 Å². The highest BCUT2D eigenvalue weighted by Gasteiger charge is 2.32. The number of likely N-dealkylation sites (N-methyl/N-ethyl adjacent to an activating group) is 1. The maximum absolute atomic E-state index is 11.9. The molecule has 7 nitrogen and oxygen atoms in total. The zero-order valence-corrected chi connectivity index (χ0v) is 11.9. The van der Waals surface area contributed by atoms with Crippen molar-refractivity contribution in [3.8, 4) is 0 Å². The Morgan fingerprint density at radius 2 is 2.30 bits per heavy atom. The summed E-state index contributed by atoms with van der Waals surface area (Å²) in [6, 6.07) is 0.197. The van der Waals surface area contributed by atoms with Gasteiger partial charge in [-0.3, -0.25) is 9.69 Å². The minimum atomic E-state index is -1.00. The number of carboxylic acids is 1. The van der Waals surface area contributed by atoms with E-state index in [0.29, 0.717) is 19.1 Å². The average Bonchev–Trinajstić information content (AvgIpc) is 2.89. The summed E-state index contributed by atoms with van der Waals surface area (Å²) >= 11 is 0. The number of morpholine rings is 1. The van der Waals surface area contributed by atoms with Crippen molar-refractivity contribution in [3.05, 3.63) is 0 Å². The van der Waals surface area contributed by atoms with Crippen molar-refractivity contribution in [2.75, 3.05) is 39.3 Å². The molecule has 2 fully saturated rings. The molecule has 2 unspecified atom stereocenters. The van der Waals surface area contributed by atoms with Crippen LogP contribution in [0.15, 0.2) is 0 Å². The number of nitrogens with zero attached hydrogens (tertiary/aromatic N) is 2. The van der Waals surface area contributed by atoms with Crippen LogP contribution < -0.4 is 5.32 Å².